The van der Waals surface area contributed by atoms with E-state index in [2.05, 4.69) is 15.3 Å². The van der Waals surface area contributed by atoms with Gasteiger partial charge in [-0.05, 0) is 36.8 Å². The zero-order chi connectivity index (χ0) is 20.8. The molecule has 1 amide bonds. The van der Waals surface area contributed by atoms with Crippen LogP contribution in [0.5, 0.6) is 5.75 Å². The number of para-hydroxylation sites is 2. The predicted molar refractivity (Wildman–Crippen MR) is 116 cm³/mol. The molecule has 0 saturated carbocycles. The molecule has 1 aromatic heterocycles. The Kier molecular flexibility index (Phi) is 6.95. The van der Waals surface area contributed by atoms with Crippen LogP contribution in [0.1, 0.15) is 16.8 Å². The fourth-order valence-electron chi connectivity index (χ4n) is 2.74. The van der Waals surface area contributed by atoms with Gasteiger partial charge in [0, 0.05) is 22.7 Å². The van der Waals surface area contributed by atoms with Crippen molar-refractivity contribution in [1.29, 1.82) is 0 Å². The Labute approximate surface area is 177 Å². The lowest BCUT2D eigenvalue weighted by Crippen LogP contribution is -2.19. The van der Waals surface area contributed by atoms with Gasteiger partial charge in [0.1, 0.15) is 5.75 Å². The number of anilines is 1. The molecule has 3 aromatic rings. The SMILES string of the molecule is COc1ccccc1NC(=O)CSc1nc(C)c(Cc2ccc(Cl)cc2)c(=O)[nH]1. The lowest BCUT2D eigenvalue weighted by Gasteiger charge is -2.10. The first-order valence-electron chi connectivity index (χ1n) is 8.86. The summed E-state index contributed by atoms with van der Waals surface area (Å²) in [5.41, 5.74) is 2.59. The molecule has 8 heteroatoms. The summed E-state index contributed by atoms with van der Waals surface area (Å²) in [6, 6.07) is 14.5. The van der Waals surface area contributed by atoms with Crippen molar-refractivity contribution in [3.05, 3.63) is 80.7 Å². The van der Waals surface area contributed by atoms with Crippen LogP contribution in [0.15, 0.2) is 58.5 Å². The molecule has 0 fully saturated rings. The van der Waals surface area contributed by atoms with Crippen molar-refractivity contribution in [2.24, 2.45) is 0 Å². The number of aromatic nitrogens is 2. The minimum Gasteiger partial charge on any atom is -0.495 e. The number of rotatable bonds is 7. The highest BCUT2D eigenvalue weighted by Gasteiger charge is 2.12. The number of amides is 1. The van der Waals surface area contributed by atoms with E-state index in [1.165, 1.54) is 11.8 Å². The third-order valence-corrected chi connectivity index (χ3v) is 5.34. The monoisotopic (exact) mass is 429 g/mol. The Morgan fingerprint density at radius 2 is 1.93 bits per heavy atom. The average Bonchev–Trinajstić information content (AvgIpc) is 2.71. The number of thioether (sulfide) groups is 1. The van der Waals surface area contributed by atoms with E-state index in [0.29, 0.717) is 39.3 Å². The topological polar surface area (TPSA) is 84.1 Å². The number of H-pyrrole nitrogens is 1. The minimum atomic E-state index is -0.218. The van der Waals surface area contributed by atoms with Crippen LogP contribution < -0.4 is 15.6 Å². The van der Waals surface area contributed by atoms with Gasteiger partial charge in [-0.1, -0.05) is 47.6 Å². The quantitative estimate of drug-likeness (QED) is 0.437. The predicted octanol–water partition coefficient (Wildman–Crippen LogP) is 4.06. The third kappa shape index (κ3) is 5.62. The zero-order valence-corrected chi connectivity index (χ0v) is 17.6. The van der Waals surface area contributed by atoms with Crippen molar-refractivity contribution in [1.82, 2.24) is 9.97 Å². The van der Waals surface area contributed by atoms with Gasteiger partial charge < -0.3 is 15.0 Å². The number of benzene rings is 2. The standard InChI is InChI=1S/C21H20ClN3O3S/c1-13-16(11-14-7-9-15(22)10-8-14)20(27)25-21(23-13)29-12-19(26)24-17-5-3-4-6-18(17)28-2/h3-10H,11-12H2,1-2H3,(H,24,26)(H,23,25,27). The molecule has 29 heavy (non-hydrogen) atoms. The number of aryl methyl sites for hydroxylation is 1. The molecule has 0 atom stereocenters. The molecule has 0 aliphatic rings. The van der Waals surface area contributed by atoms with E-state index in [1.54, 1.807) is 38.3 Å². The molecule has 2 N–H and O–H groups in total. The summed E-state index contributed by atoms with van der Waals surface area (Å²) in [5, 5.41) is 3.85. The lowest BCUT2D eigenvalue weighted by molar-refractivity contribution is -0.113. The number of carbonyl (C=O) groups excluding carboxylic acids is 1. The Balaban J connectivity index is 1.65. The molecule has 0 radical (unpaired) electrons. The van der Waals surface area contributed by atoms with Crippen LogP contribution in [0.4, 0.5) is 5.69 Å². The lowest BCUT2D eigenvalue weighted by atomic mass is 10.1. The molecule has 0 unspecified atom stereocenters. The summed E-state index contributed by atoms with van der Waals surface area (Å²) >= 11 is 7.07. The summed E-state index contributed by atoms with van der Waals surface area (Å²) < 4.78 is 5.22. The second-order valence-corrected chi connectivity index (χ2v) is 7.68. The highest BCUT2D eigenvalue weighted by molar-refractivity contribution is 7.99. The molecular weight excluding hydrogens is 410 g/mol. The smallest absolute Gasteiger partial charge is 0.255 e. The number of halogens is 1. The Bertz CT molecular complexity index is 1070. The van der Waals surface area contributed by atoms with E-state index < -0.39 is 0 Å². The highest BCUT2D eigenvalue weighted by atomic mass is 35.5. The number of nitrogens with one attached hydrogen (secondary N) is 2. The first kappa shape index (κ1) is 21.0. The van der Waals surface area contributed by atoms with Crippen LogP contribution in [0.25, 0.3) is 0 Å². The van der Waals surface area contributed by atoms with Gasteiger partial charge in [0.15, 0.2) is 5.16 Å². The van der Waals surface area contributed by atoms with Crippen molar-refractivity contribution in [3.63, 3.8) is 0 Å². The van der Waals surface area contributed by atoms with Gasteiger partial charge in [-0.25, -0.2) is 4.98 Å². The maximum absolute atomic E-state index is 12.5. The van der Waals surface area contributed by atoms with Crippen LogP contribution in [0.2, 0.25) is 5.02 Å². The van der Waals surface area contributed by atoms with Crippen LogP contribution in [0, 0.1) is 6.92 Å². The van der Waals surface area contributed by atoms with Crippen molar-refractivity contribution >= 4 is 35.0 Å². The summed E-state index contributed by atoms with van der Waals surface area (Å²) in [4.78, 5) is 31.9. The Hall–Kier alpha value is -2.77. The number of methoxy groups -OCH3 is 1. The summed E-state index contributed by atoms with van der Waals surface area (Å²) in [5.74, 6) is 0.474. The van der Waals surface area contributed by atoms with Crippen molar-refractivity contribution in [2.45, 2.75) is 18.5 Å². The molecule has 150 valence electrons. The number of hydrogen-bond acceptors (Lipinski definition) is 5. The maximum atomic E-state index is 12.5. The molecule has 1 heterocycles. The van der Waals surface area contributed by atoms with Gasteiger partial charge in [-0.2, -0.15) is 0 Å². The molecule has 0 saturated heterocycles. The molecule has 0 spiro atoms. The second kappa shape index (κ2) is 9.62. The zero-order valence-electron chi connectivity index (χ0n) is 16.0. The third-order valence-electron chi connectivity index (χ3n) is 4.22. The van der Waals surface area contributed by atoms with Crippen molar-refractivity contribution in [3.8, 4) is 5.75 Å². The molecule has 0 aliphatic carbocycles. The van der Waals surface area contributed by atoms with Crippen molar-refractivity contribution in [2.75, 3.05) is 18.2 Å². The Morgan fingerprint density at radius 3 is 2.62 bits per heavy atom. The molecule has 3 rings (SSSR count). The fourth-order valence-corrected chi connectivity index (χ4v) is 3.57. The van der Waals surface area contributed by atoms with Gasteiger partial charge in [-0.15, -0.1) is 0 Å². The average molecular weight is 430 g/mol. The van der Waals surface area contributed by atoms with Crippen LogP contribution in [0.3, 0.4) is 0 Å². The summed E-state index contributed by atoms with van der Waals surface area (Å²) in [6.07, 6.45) is 0.463. The normalized spacial score (nSPS) is 10.6. The minimum absolute atomic E-state index is 0.108. The molecule has 2 aromatic carbocycles. The molecular formula is C21H20ClN3O3S. The van der Waals surface area contributed by atoms with E-state index in [4.69, 9.17) is 16.3 Å². The molecule has 0 aliphatic heterocycles. The van der Waals surface area contributed by atoms with Gasteiger partial charge >= 0.3 is 0 Å². The number of hydrogen-bond donors (Lipinski definition) is 2. The number of nitrogens with zero attached hydrogens (tertiary/aromatic N) is 1. The molecule has 0 bridgehead atoms. The maximum Gasteiger partial charge on any atom is 0.255 e. The number of aromatic amines is 1. The van der Waals surface area contributed by atoms with E-state index in [0.717, 1.165) is 5.56 Å². The van der Waals surface area contributed by atoms with Crippen molar-refractivity contribution < 1.29 is 9.53 Å². The number of carbonyl (C=O) groups is 1. The van der Waals surface area contributed by atoms with Gasteiger partial charge in [0.2, 0.25) is 5.91 Å². The van der Waals surface area contributed by atoms with Crippen LogP contribution in [-0.2, 0) is 11.2 Å². The largest absolute Gasteiger partial charge is 0.495 e. The summed E-state index contributed by atoms with van der Waals surface area (Å²) in [7, 11) is 1.54. The first-order chi connectivity index (χ1) is 14.0. The summed E-state index contributed by atoms with van der Waals surface area (Å²) in [6.45, 7) is 1.79. The van der Waals surface area contributed by atoms with Gasteiger partial charge in [0.25, 0.3) is 5.56 Å². The second-order valence-electron chi connectivity index (χ2n) is 6.28. The van der Waals surface area contributed by atoms with E-state index in [1.807, 2.05) is 24.3 Å². The molecule has 6 nitrogen and oxygen atoms in total. The van der Waals surface area contributed by atoms with E-state index >= 15 is 0 Å². The van der Waals surface area contributed by atoms with Crippen LogP contribution >= 0.6 is 23.4 Å². The van der Waals surface area contributed by atoms with Gasteiger partial charge in [-0.3, -0.25) is 9.59 Å². The van der Waals surface area contributed by atoms with E-state index in [-0.39, 0.29) is 17.2 Å². The fraction of sp³-hybridized carbons (Fsp3) is 0.190. The number of ether oxygens (including phenoxy) is 1. The highest BCUT2D eigenvalue weighted by Crippen LogP contribution is 2.23. The van der Waals surface area contributed by atoms with E-state index in [9.17, 15) is 9.59 Å². The van der Waals surface area contributed by atoms with Crippen LogP contribution in [-0.4, -0.2) is 28.7 Å². The van der Waals surface area contributed by atoms with Gasteiger partial charge in [0.05, 0.1) is 18.6 Å². The Morgan fingerprint density at radius 1 is 1.21 bits per heavy atom. The first-order valence-corrected chi connectivity index (χ1v) is 10.2.